The van der Waals surface area contributed by atoms with Gasteiger partial charge in [0.15, 0.2) is 11.6 Å². The molecule has 4 aromatic rings. The van der Waals surface area contributed by atoms with Crippen molar-refractivity contribution in [2.75, 3.05) is 19.6 Å². The molecule has 0 bridgehead atoms. The van der Waals surface area contributed by atoms with E-state index in [1.54, 1.807) is 18.3 Å². The van der Waals surface area contributed by atoms with Gasteiger partial charge in [0.25, 0.3) is 0 Å². The lowest BCUT2D eigenvalue weighted by Gasteiger charge is -2.19. The number of carbonyl (C=O) groups excluding carboxylic acids is 1. The van der Waals surface area contributed by atoms with E-state index in [1.807, 2.05) is 29.3 Å². The van der Waals surface area contributed by atoms with Crippen LogP contribution < -0.4 is 5.73 Å². The van der Waals surface area contributed by atoms with Gasteiger partial charge in [-0.25, -0.2) is 4.98 Å². The van der Waals surface area contributed by atoms with Crippen molar-refractivity contribution in [3.05, 3.63) is 35.7 Å². The molecule has 3 aromatic heterocycles. The average molecular weight is 461 g/mol. The van der Waals surface area contributed by atoms with E-state index in [-0.39, 0.29) is 0 Å². The number of nitrogens with two attached hydrogens (primary N) is 1. The molecule has 3 heterocycles. The van der Waals surface area contributed by atoms with Crippen molar-refractivity contribution >= 4 is 16.8 Å². The fraction of sp³-hybridized carbons (Fsp3) is 0.391. The van der Waals surface area contributed by atoms with Crippen molar-refractivity contribution in [2.24, 2.45) is 5.73 Å². The first kappa shape index (κ1) is 23.1. The Kier molecular flexibility index (Phi) is 6.70. The topological polar surface area (TPSA) is 147 Å². The molecular formula is C23H28N10O. The highest BCUT2D eigenvalue weighted by molar-refractivity contribution is 6.02. The van der Waals surface area contributed by atoms with E-state index in [4.69, 9.17) is 16.0 Å². The molecule has 0 aliphatic heterocycles. The van der Waals surface area contributed by atoms with Crippen molar-refractivity contribution in [1.82, 2.24) is 39.6 Å². The Hall–Kier alpha value is -4.04. The van der Waals surface area contributed by atoms with Crippen molar-refractivity contribution in [1.29, 1.82) is 5.26 Å². The quantitative estimate of drug-likeness (QED) is 0.369. The number of aromatic nitrogens is 7. The minimum atomic E-state index is -0.528. The van der Waals surface area contributed by atoms with Gasteiger partial charge in [0, 0.05) is 42.6 Å². The first-order valence-corrected chi connectivity index (χ1v) is 11.3. The zero-order chi connectivity index (χ0) is 24.2. The largest absolute Gasteiger partial charge is 0.366 e. The number of rotatable bonds is 10. The fourth-order valence-electron chi connectivity index (χ4n) is 4.03. The monoisotopic (exact) mass is 460 g/mol. The number of aromatic amines is 1. The number of likely N-dealkylation sites (N-methyl/N-ethyl adjacent to an activating group) is 1. The van der Waals surface area contributed by atoms with Gasteiger partial charge in [0.1, 0.15) is 5.69 Å². The summed E-state index contributed by atoms with van der Waals surface area (Å²) in [5, 5.41) is 26.1. The van der Waals surface area contributed by atoms with Gasteiger partial charge in [-0.15, -0.1) is 0 Å². The normalized spacial score (nSPS) is 11.4. The van der Waals surface area contributed by atoms with Crippen LogP contribution in [0.1, 0.15) is 36.3 Å². The molecule has 3 N–H and O–H groups in total. The number of fused-ring (bicyclic) bond motifs is 1. The molecular weight excluding hydrogens is 432 g/mol. The standard InChI is InChI=1S/C23H28N10O/c1-4-31(8-6-7-24)9-10-33-19-13-16(21(25)34)12-17(18(19)14-26-33)22-27-23(29-28-22)20-11-15(3)30-32(20)5-2/h11-14H,4-6,8-10H2,1-3H3,(H2,25,34)(H,27,28,29). The summed E-state index contributed by atoms with van der Waals surface area (Å²) in [6.45, 7) is 9.60. The Bertz CT molecular complexity index is 1360. The summed E-state index contributed by atoms with van der Waals surface area (Å²) in [7, 11) is 0. The molecule has 0 aliphatic carbocycles. The second-order valence-electron chi connectivity index (χ2n) is 8.03. The zero-order valence-corrected chi connectivity index (χ0v) is 19.6. The van der Waals surface area contributed by atoms with Crippen LogP contribution in [-0.4, -0.2) is 65.2 Å². The first-order valence-electron chi connectivity index (χ1n) is 11.3. The van der Waals surface area contributed by atoms with E-state index in [0.29, 0.717) is 48.8 Å². The predicted molar refractivity (Wildman–Crippen MR) is 128 cm³/mol. The molecule has 0 atom stereocenters. The number of H-pyrrole nitrogens is 1. The Morgan fingerprint density at radius 3 is 2.76 bits per heavy atom. The van der Waals surface area contributed by atoms with E-state index in [0.717, 1.165) is 35.4 Å². The maximum Gasteiger partial charge on any atom is 0.248 e. The predicted octanol–water partition coefficient (Wildman–Crippen LogP) is 2.35. The molecule has 0 fully saturated rings. The van der Waals surface area contributed by atoms with Crippen LogP contribution in [0.5, 0.6) is 0 Å². The third kappa shape index (κ3) is 4.53. The molecule has 11 heteroatoms. The number of carbonyl (C=O) groups is 1. The van der Waals surface area contributed by atoms with Crippen LogP contribution in [0, 0.1) is 18.3 Å². The number of aryl methyl sites for hydroxylation is 2. The number of amides is 1. The molecule has 176 valence electrons. The smallest absolute Gasteiger partial charge is 0.248 e. The van der Waals surface area contributed by atoms with Crippen LogP contribution in [0.25, 0.3) is 33.8 Å². The molecule has 0 radical (unpaired) electrons. The first-order chi connectivity index (χ1) is 16.4. The van der Waals surface area contributed by atoms with Gasteiger partial charge in [0.2, 0.25) is 5.91 Å². The summed E-state index contributed by atoms with van der Waals surface area (Å²) in [5.74, 6) is 0.520. The summed E-state index contributed by atoms with van der Waals surface area (Å²) in [6.07, 6.45) is 2.25. The minimum absolute atomic E-state index is 0.369. The lowest BCUT2D eigenvalue weighted by molar-refractivity contribution is 0.100. The minimum Gasteiger partial charge on any atom is -0.366 e. The molecule has 0 unspecified atom stereocenters. The second-order valence-corrected chi connectivity index (χ2v) is 8.03. The van der Waals surface area contributed by atoms with Gasteiger partial charge in [-0.05, 0) is 38.6 Å². The number of nitrogens with zero attached hydrogens (tertiary/aromatic N) is 8. The van der Waals surface area contributed by atoms with E-state index in [2.05, 4.69) is 38.3 Å². The highest BCUT2D eigenvalue weighted by Crippen LogP contribution is 2.29. The van der Waals surface area contributed by atoms with E-state index >= 15 is 0 Å². The fourth-order valence-corrected chi connectivity index (χ4v) is 4.03. The van der Waals surface area contributed by atoms with Crippen molar-refractivity contribution in [2.45, 2.75) is 40.3 Å². The Morgan fingerprint density at radius 2 is 2.06 bits per heavy atom. The zero-order valence-electron chi connectivity index (χ0n) is 19.6. The summed E-state index contributed by atoms with van der Waals surface area (Å²) < 4.78 is 3.70. The van der Waals surface area contributed by atoms with Gasteiger partial charge in [-0.2, -0.15) is 20.6 Å². The van der Waals surface area contributed by atoms with E-state index in [1.165, 1.54) is 0 Å². The van der Waals surface area contributed by atoms with Crippen molar-refractivity contribution in [3.63, 3.8) is 0 Å². The Balaban J connectivity index is 1.72. The van der Waals surface area contributed by atoms with Crippen LogP contribution >= 0.6 is 0 Å². The molecule has 1 aromatic carbocycles. The summed E-state index contributed by atoms with van der Waals surface area (Å²) in [6, 6.07) is 7.60. The summed E-state index contributed by atoms with van der Waals surface area (Å²) in [5.41, 5.74) is 9.20. The van der Waals surface area contributed by atoms with Gasteiger partial charge >= 0.3 is 0 Å². The van der Waals surface area contributed by atoms with Crippen LogP contribution in [-0.2, 0) is 13.1 Å². The second kappa shape index (κ2) is 9.84. The molecule has 0 spiro atoms. The molecule has 1 amide bonds. The van der Waals surface area contributed by atoms with Crippen molar-refractivity contribution in [3.8, 4) is 29.0 Å². The van der Waals surface area contributed by atoms with Gasteiger partial charge in [-0.3, -0.25) is 19.3 Å². The van der Waals surface area contributed by atoms with Gasteiger partial charge in [-0.1, -0.05) is 6.92 Å². The van der Waals surface area contributed by atoms with Crippen LogP contribution in [0.15, 0.2) is 24.4 Å². The third-order valence-corrected chi connectivity index (χ3v) is 5.83. The summed E-state index contributed by atoms with van der Waals surface area (Å²) >= 11 is 0. The SMILES string of the molecule is CCN(CCC#N)CCn1ncc2c(-c3nc(-c4cc(C)nn4CC)n[nH]3)cc(C(N)=O)cc21. The highest BCUT2D eigenvalue weighted by Gasteiger charge is 2.19. The van der Waals surface area contributed by atoms with Crippen LogP contribution in [0.2, 0.25) is 0 Å². The van der Waals surface area contributed by atoms with Gasteiger partial charge in [0.05, 0.1) is 30.0 Å². The van der Waals surface area contributed by atoms with Crippen LogP contribution in [0.4, 0.5) is 0 Å². The molecule has 0 aliphatic rings. The maximum atomic E-state index is 12.1. The Labute approximate surface area is 197 Å². The third-order valence-electron chi connectivity index (χ3n) is 5.83. The maximum absolute atomic E-state index is 12.1. The number of hydrogen-bond donors (Lipinski definition) is 2. The molecule has 11 nitrogen and oxygen atoms in total. The number of hydrogen-bond acceptors (Lipinski definition) is 7. The molecule has 34 heavy (non-hydrogen) atoms. The number of primary amides is 1. The average Bonchev–Trinajstić information content (AvgIpc) is 3.56. The van der Waals surface area contributed by atoms with E-state index in [9.17, 15) is 4.79 Å². The number of benzene rings is 1. The Morgan fingerprint density at radius 1 is 1.24 bits per heavy atom. The van der Waals surface area contributed by atoms with E-state index < -0.39 is 5.91 Å². The summed E-state index contributed by atoms with van der Waals surface area (Å²) in [4.78, 5) is 19.0. The number of nitrogens with one attached hydrogen (secondary N) is 1. The van der Waals surface area contributed by atoms with Crippen molar-refractivity contribution < 1.29 is 4.79 Å². The van der Waals surface area contributed by atoms with Crippen LogP contribution in [0.3, 0.4) is 0 Å². The lowest BCUT2D eigenvalue weighted by Crippen LogP contribution is -2.28. The molecule has 4 rings (SSSR count). The number of nitriles is 1. The highest BCUT2D eigenvalue weighted by atomic mass is 16.1. The molecule has 0 saturated heterocycles. The molecule has 0 saturated carbocycles. The van der Waals surface area contributed by atoms with Gasteiger partial charge < -0.3 is 10.6 Å². The lowest BCUT2D eigenvalue weighted by atomic mass is 10.0.